The van der Waals surface area contributed by atoms with Crippen LogP contribution in [0.3, 0.4) is 0 Å². The number of benzene rings is 1. The number of fused-ring (bicyclic) bond motifs is 1. The van der Waals surface area contributed by atoms with Crippen molar-refractivity contribution in [2.75, 3.05) is 18.0 Å². The number of carbonyl (C=O) groups excluding carboxylic acids is 2. The molecule has 0 radical (unpaired) electrons. The summed E-state index contributed by atoms with van der Waals surface area (Å²) in [5, 5.41) is 15.6. The lowest BCUT2D eigenvalue weighted by atomic mass is 9.79. The van der Waals surface area contributed by atoms with Crippen molar-refractivity contribution in [1.29, 1.82) is 5.26 Å². The summed E-state index contributed by atoms with van der Waals surface area (Å²) in [4.78, 5) is 30.3. The second kappa shape index (κ2) is 5.99. The lowest BCUT2D eigenvalue weighted by Crippen LogP contribution is -2.53. The molecule has 132 valence electrons. The van der Waals surface area contributed by atoms with Gasteiger partial charge in [-0.3, -0.25) is 15.1 Å². The first-order valence-electron chi connectivity index (χ1n) is 8.69. The Morgan fingerprint density at radius 3 is 2.65 bits per heavy atom. The number of urea groups is 1. The minimum Gasteiger partial charge on any atom is -0.370 e. The Balaban J connectivity index is 1.61. The first-order chi connectivity index (χ1) is 12.5. The van der Waals surface area contributed by atoms with Crippen LogP contribution in [0.4, 0.5) is 10.5 Å². The van der Waals surface area contributed by atoms with Crippen LogP contribution in [0.5, 0.6) is 0 Å². The number of anilines is 1. The van der Waals surface area contributed by atoms with Crippen molar-refractivity contribution in [1.82, 2.24) is 15.6 Å². The molecule has 0 saturated carbocycles. The molecule has 2 N–H and O–H groups in total. The Bertz CT molecular complexity index is 943. The summed E-state index contributed by atoms with van der Waals surface area (Å²) in [6, 6.07) is 9.62. The molecule has 3 heterocycles. The molecule has 26 heavy (non-hydrogen) atoms. The van der Waals surface area contributed by atoms with Crippen molar-refractivity contribution in [2.45, 2.75) is 25.3 Å². The monoisotopic (exact) mass is 349 g/mol. The number of carbonyl (C=O) groups is 2. The third-order valence-electron chi connectivity index (χ3n) is 5.57. The average Bonchev–Trinajstić information content (AvgIpc) is 2.93. The fourth-order valence-corrected chi connectivity index (χ4v) is 4.07. The molecule has 2 saturated heterocycles. The van der Waals surface area contributed by atoms with Gasteiger partial charge in [0, 0.05) is 24.7 Å². The van der Waals surface area contributed by atoms with Crippen LogP contribution >= 0.6 is 0 Å². The number of hydrogen-bond acceptors (Lipinski definition) is 5. The van der Waals surface area contributed by atoms with Crippen molar-refractivity contribution < 1.29 is 9.59 Å². The van der Waals surface area contributed by atoms with E-state index in [0.29, 0.717) is 18.7 Å². The molecule has 2 aliphatic heterocycles. The number of nitriles is 1. The van der Waals surface area contributed by atoms with Crippen molar-refractivity contribution in [3.63, 3.8) is 0 Å². The van der Waals surface area contributed by atoms with Crippen LogP contribution in [0, 0.1) is 17.2 Å². The number of amides is 3. The van der Waals surface area contributed by atoms with E-state index in [1.807, 2.05) is 24.3 Å². The van der Waals surface area contributed by atoms with Crippen LogP contribution in [0.15, 0.2) is 30.5 Å². The number of nitrogens with one attached hydrogen (secondary N) is 2. The zero-order valence-electron chi connectivity index (χ0n) is 14.5. The van der Waals surface area contributed by atoms with E-state index in [2.05, 4.69) is 26.6 Å². The van der Waals surface area contributed by atoms with E-state index in [0.717, 1.165) is 29.4 Å². The van der Waals surface area contributed by atoms with Gasteiger partial charge in [0.05, 0.1) is 16.8 Å². The molecule has 1 unspecified atom stereocenters. The molecule has 7 heteroatoms. The number of rotatable bonds is 2. The summed E-state index contributed by atoms with van der Waals surface area (Å²) >= 11 is 0. The lowest BCUT2D eigenvalue weighted by Gasteiger charge is -2.40. The molecule has 0 aliphatic carbocycles. The highest BCUT2D eigenvalue weighted by Crippen LogP contribution is 2.36. The highest BCUT2D eigenvalue weighted by molar-refractivity contribution is 6.07. The van der Waals surface area contributed by atoms with E-state index in [1.54, 1.807) is 13.1 Å². The molecule has 0 spiro atoms. The summed E-state index contributed by atoms with van der Waals surface area (Å²) in [5.74, 6) is -0.197. The van der Waals surface area contributed by atoms with Crippen molar-refractivity contribution in [3.05, 3.63) is 36.0 Å². The Kier molecular flexibility index (Phi) is 3.76. The van der Waals surface area contributed by atoms with Gasteiger partial charge in [-0.05, 0) is 31.7 Å². The summed E-state index contributed by atoms with van der Waals surface area (Å²) < 4.78 is 0. The number of hydrogen-bond donors (Lipinski definition) is 2. The maximum Gasteiger partial charge on any atom is 0.322 e. The molecule has 7 nitrogen and oxygen atoms in total. The standard InChI is InChI=1S/C19H19N5O2/c1-19(17(25)22-18(26)23-19)13-6-8-24(9-7-13)16-12(10-20)11-21-15-5-3-2-4-14(15)16/h2-5,11,13H,6-9H2,1H3,(H2,22,23,25,26). The van der Waals surface area contributed by atoms with Gasteiger partial charge < -0.3 is 10.2 Å². The van der Waals surface area contributed by atoms with Crippen LogP contribution in [0.2, 0.25) is 0 Å². The Hall–Kier alpha value is -3.14. The largest absolute Gasteiger partial charge is 0.370 e. The fourth-order valence-electron chi connectivity index (χ4n) is 4.07. The van der Waals surface area contributed by atoms with Crippen LogP contribution in [-0.4, -0.2) is 35.6 Å². The van der Waals surface area contributed by atoms with Crippen molar-refractivity contribution in [2.24, 2.45) is 5.92 Å². The van der Waals surface area contributed by atoms with Crippen LogP contribution in [0.25, 0.3) is 10.9 Å². The zero-order valence-corrected chi connectivity index (χ0v) is 14.5. The number of imide groups is 1. The first kappa shape index (κ1) is 16.3. The average molecular weight is 349 g/mol. The van der Waals surface area contributed by atoms with Crippen molar-refractivity contribution >= 4 is 28.5 Å². The quantitative estimate of drug-likeness (QED) is 0.807. The van der Waals surface area contributed by atoms with Gasteiger partial charge in [-0.1, -0.05) is 18.2 Å². The van der Waals surface area contributed by atoms with Gasteiger partial charge in [-0.25, -0.2) is 4.79 Å². The first-order valence-corrected chi connectivity index (χ1v) is 8.69. The van der Waals surface area contributed by atoms with Gasteiger partial charge in [0.1, 0.15) is 11.6 Å². The van der Waals surface area contributed by atoms with E-state index < -0.39 is 11.6 Å². The number of nitrogens with zero attached hydrogens (tertiary/aromatic N) is 3. The molecule has 2 fully saturated rings. The van der Waals surface area contributed by atoms with E-state index in [-0.39, 0.29) is 11.8 Å². The molecule has 1 aromatic heterocycles. The predicted molar refractivity (Wildman–Crippen MR) is 96.5 cm³/mol. The summed E-state index contributed by atoms with van der Waals surface area (Å²) in [6.07, 6.45) is 3.13. The zero-order chi connectivity index (χ0) is 18.3. The second-order valence-corrected chi connectivity index (χ2v) is 7.02. The smallest absolute Gasteiger partial charge is 0.322 e. The molecule has 4 rings (SSSR count). The SMILES string of the molecule is CC1(C2CCN(c3c(C#N)cnc4ccccc34)CC2)NC(=O)NC1=O. The lowest BCUT2D eigenvalue weighted by molar-refractivity contribution is -0.125. The minimum absolute atomic E-state index is 0.0591. The minimum atomic E-state index is -0.860. The third kappa shape index (κ3) is 2.46. The molecular formula is C19H19N5O2. The summed E-state index contributed by atoms with van der Waals surface area (Å²) in [6.45, 7) is 3.22. The molecule has 1 atom stereocenters. The van der Waals surface area contributed by atoms with Gasteiger partial charge in [0.25, 0.3) is 5.91 Å². The van der Waals surface area contributed by atoms with Gasteiger partial charge in [-0.15, -0.1) is 0 Å². The van der Waals surface area contributed by atoms with Crippen LogP contribution in [-0.2, 0) is 4.79 Å². The highest BCUT2D eigenvalue weighted by atomic mass is 16.2. The predicted octanol–water partition coefficient (Wildman–Crippen LogP) is 1.92. The molecule has 1 aromatic carbocycles. The second-order valence-electron chi connectivity index (χ2n) is 7.02. The highest BCUT2D eigenvalue weighted by Gasteiger charge is 2.48. The van der Waals surface area contributed by atoms with E-state index >= 15 is 0 Å². The molecule has 0 bridgehead atoms. The fraction of sp³-hybridized carbons (Fsp3) is 0.368. The van der Waals surface area contributed by atoms with E-state index in [4.69, 9.17) is 0 Å². The third-order valence-corrected chi connectivity index (χ3v) is 5.57. The Morgan fingerprint density at radius 1 is 1.27 bits per heavy atom. The van der Waals surface area contributed by atoms with Gasteiger partial charge >= 0.3 is 6.03 Å². The normalized spacial score (nSPS) is 23.6. The maximum absolute atomic E-state index is 12.2. The molecule has 2 aliphatic rings. The van der Waals surface area contributed by atoms with Gasteiger partial charge in [0.15, 0.2) is 0 Å². The van der Waals surface area contributed by atoms with Gasteiger partial charge in [-0.2, -0.15) is 5.26 Å². The van der Waals surface area contributed by atoms with Crippen LogP contribution < -0.4 is 15.5 Å². The molecule has 2 aromatic rings. The van der Waals surface area contributed by atoms with Crippen molar-refractivity contribution in [3.8, 4) is 6.07 Å². The Morgan fingerprint density at radius 2 is 2.00 bits per heavy atom. The number of piperidine rings is 1. The summed E-state index contributed by atoms with van der Waals surface area (Å²) in [7, 11) is 0. The molecule has 3 amide bonds. The molecular weight excluding hydrogens is 330 g/mol. The van der Waals surface area contributed by atoms with Crippen LogP contribution in [0.1, 0.15) is 25.3 Å². The van der Waals surface area contributed by atoms with Gasteiger partial charge in [0.2, 0.25) is 0 Å². The topological polar surface area (TPSA) is 98.1 Å². The maximum atomic E-state index is 12.2. The van der Waals surface area contributed by atoms with E-state index in [1.165, 1.54) is 0 Å². The Labute approximate surface area is 151 Å². The summed E-state index contributed by atoms with van der Waals surface area (Å²) in [5.41, 5.74) is 1.46. The van der Waals surface area contributed by atoms with E-state index in [9.17, 15) is 14.9 Å². The number of para-hydroxylation sites is 1. The number of aromatic nitrogens is 1. The number of pyridine rings is 1.